The van der Waals surface area contributed by atoms with Gasteiger partial charge in [0, 0.05) is 38.6 Å². The monoisotopic (exact) mass is 471 g/mol. The van der Waals surface area contributed by atoms with Gasteiger partial charge in [0.2, 0.25) is 0 Å². The average molecular weight is 472 g/mol. The van der Waals surface area contributed by atoms with Gasteiger partial charge in [0.1, 0.15) is 0 Å². The maximum atomic E-state index is 11.5. The van der Waals surface area contributed by atoms with Crippen LogP contribution in [0.3, 0.4) is 0 Å². The second-order valence-electron chi connectivity index (χ2n) is 6.35. The molecule has 0 atom stereocenters. The van der Waals surface area contributed by atoms with E-state index in [0.717, 1.165) is 39.0 Å². The van der Waals surface area contributed by atoms with E-state index in [1.807, 2.05) is 12.1 Å². The second kappa shape index (κ2) is 17.9. The molecule has 2 aromatic carbocycles. The first kappa shape index (κ1) is 28.1. The van der Waals surface area contributed by atoms with Crippen LogP contribution >= 0.6 is 0 Å². The molecule has 0 aliphatic heterocycles. The molecule has 30 heavy (non-hydrogen) atoms. The second-order valence-corrected chi connectivity index (χ2v) is 6.35. The summed E-state index contributed by atoms with van der Waals surface area (Å²) in [6.07, 6.45) is 5.19. The molecule has 6 nitrogen and oxygen atoms in total. The standard InChI is InChI=1S/C22H30N4O2.ClH.Fe/c27-21-9-3-1-7-19(21)17-25-13-5-11-23-15-16-24-12-6-14-26-18-20-8-2-4-10-22(20)28;;/h1-4,7-10,17-18,23-24,27-28H,5-6,11-16H2;1H;/q;;+5/p-3. The fraction of sp³-hybridized carbons (Fsp3) is 0.364. The summed E-state index contributed by atoms with van der Waals surface area (Å²) in [6.45, 7) is 5.02. The first-order valence-electron chi connectivity index (χ1n) is 9.70. The molecule has 0 aromatic heterocycles. The normalized spacial score (nSPS) is 10.8. The Morgan fingerprint density at radius 1 is 0.667 bits per heavy atom. The number of nitrogens with zero attached hydrogens (tertiary/aromatic N) is 2. The van der Waals surface area contributed by atoms with E-state index in [4.69, 9.17) is 0 Å². The van der Waals surface area contributed by atoms with Crippen LogP contribution in [0.15, 0.2) is 58.5 Å². The van der Waals surface area contributed by atoms with Crippen molar-refractivity contribution < 1.29 is 39.7 Å². The zero-order valence-electron chi connectivity index (χ0n) is 16.9. The fourth-order valence-corrected chi connectivity index (χ4v) is 2.52. The van der Waals surface area contributed by atoms with Crippen LogP contribution in [0.5, 0.6) is 11.5 Å². The summed E-state index contributed by atoms with van der Waals surface area (Å²) in [6, 6.07) is 13.8. The summed E-state index contributed by atoms with van der Waals surface area (Å²) in [5, 5.41) is 29.8. The number of rotatable bonds is 13. The van der Waals surface area contributed by atoms with Crippen LogP contribution in [0.25, 0.3) is 0 Å². The average Bonchev–Trinajstić information content (AvgIpc) is 2.71. The minimum Gasteiger partial charge on any atom is -1.00 e. The van der Waals surface area contributed by atoms with Crippen LogP contribution in [-0.4, -0.2) is 51.7 Å². The largest absolute Gasteiger partial charge is 5.00 e. The van der Waals surface area contributed by atoms with E-state index in [1.54, 1.807) is 48.8 Å². The van der Waals surface area contributed by atoms with Crippen LogP contribution < -0.4 is 33.3 Å². The van der Waals surface area contributed by atoms with Gasteiger partial charge in [-0.1, -0.05) is 48.5 Å². The van der Waals surface area contributed by atoms with Gasteiger partial charge in [0.25, 0.3) is 0 Å². The number of benzene rings is 2. The Bertz CT molecular complexity index is 696. The Kier molecular flexibility index (Phi) is 16.8. The Morgan fingerprint density at radius 3 is 1.47 bits per heavy atom. The number of hydrogen-bond donors (Lipinski definition) is 2. The van der Waals surface area contributed by atoms with E-state index in [9.17, 15) is 10.2 Å². The smallest absolute Gasteiger partial charge is 1.00 e. The van der Waals surface area contributed by atoms with Gasteiger partial charge in [0.15, 0.2) is 0 Å². The molecule has 2 N–H and O–H groups in total. The van der Waals surface area contributed by atoms with Crippen molar-refractivity contribution >= 4 is 12.4 Å². The van der Waals surface area contributed by atoms with Crippen molar-refractivity contribution in [2.45, 2.75) is 12.8 Å². The summed E-state index contributed by atoms with van der Waals surface area (Å²) in [7, 11) is 0. The van der Waals surface area contributed by atoms with E-state index in [-0.39, 0.29) is 41.0 Å². The van der Waals surface area contributed by atoms with Crippen molar-refractivity contribution in [1.82, 2.24) is 10.6 Å². The van der Waals surface area contributed by atoms with Crippen LogP contribution in [0.4, 0.5) is 0 Å². The predicted octanol–water partition coefficient (Wildman–Crippen LogP) is -1.67. The van der Waals surface area contributed by atoms with Gasteiger partial charge in [-0.2, -0.15) is 0 Å². The van der Waals surface area contributed by atoms with Crippen molar-refractivity contribution in [3.8, 4) is 11.5 Å². The molecule has 0 fully saturated rings. The summed E-state index contributed by atoms with van der Waals surface area (Å²) >= 11 is 0. The summed E-state index contributed by atoms with van der Waals surface area (Å²) < 4.78 is 0. The molecule has 0 bridgehead atoms. The minimum atomic E-state index is 0. The summed E-state index contributed by atoms with van der Waals surface area (Å²) in [5.74, 6) is 0.0210. The van der Waals surface area contributed by atoms with Crippen LogP contribution in [0, 0.1) is 0 Å². The third kappa shape index (κ3) is 12.0. The van der Waals surface area contributed by atoms with Gasteiger partial charge < -0.3 is 33.3 Å². The quantitative estimate of drug-likeness (QED) is 0.208. The van der Waals surface area contributed by atoms with Crippen LogP contribution in [-0.2, 0) is 17.1 Å². The van der Waals surface area contributed by atoms with Gasteiger partial charge in [0.05, 0.1) is 0 Å². The molecule has 0 saturated heterocycles. The molecule has 0 heterocycles. The number of halogens is 1. The summed E-state index contributed by atoms with van der Waals surface area (Å²) in [4.78, 5) is 8.58. The topological polar surface area (TPSA) is 94.9 Å². The van der Waals surface area contributed by atoms with Crippen molar-refractivity contribution in [2.24, 2.45) is 9.98 Å². The molecular weight excluding hydrogens is 444 g/mol. The van der Waals surface area contributed by atoms with E-state index < -0.39 is 0 Å². The van der Waals surface area contributed by atoms with Crippen molar-refractivity contribution in [1.29, 1.82) is 0 Å². The molecule has 0 saturated carbocycles. The number of aliphatic imine (C=N–C) groups is 2. The van der Waals surface area contributed by atoms with Crippen molar-refractivity contribution in [2.75, 3.05) is 39.3 Å². The van der Waals surface area contributed by atoms with Gasteiger partial charge in [-0.25, -0.2) is 0 Å². The van der Waals surface area contributed by atoms with Crippen molar-refractivity contribution in [3.63, 3.8) is 0 Å². The third-order valence-corrected chi connectivity index (χ3v) is 4.06. The molecule has 161 valence electrons. The van der Waals surface area contributed by atoms with Crippen LogP contribution in [0.2, 0.25) is 0 Å². The van der Waals surface area contributed by atoms with Gasteiger partial charge in [-0.15, -0.1) is 11.5 Å². The predicted molar refractivity (Wildman–Crippen MR) is 112 cm³/mol. The zero-order chi connectivity index (χ0) is 19.9. The Hall–Kier alpha value is -1.89. The summed E-state index contributed by atoms with van der Waals surface area (Å²) in [5.41, 5.74) is 1.28. The SMILES string of the molecule is [Cl-].[Fe+5].[O-]c1ccccc1C=NCCCNCCNCCCN=Cc1ccccc1[O-]. The molecule has 2 rings (SSSR count). The first-order chi connectivity index (χ1) is 13.8. The van der Waals surface area contributed by atoms with Crippen molar-refractivity contribution in [3.05, 3.63) is 59.7 Å². The molecule has 1 radical (unpaired) electrons. The third-order valence-electron chi connectivity index (χ3n) is 4.06. The molecule has 2 aromatic rings. The number of para-hydroxylation sites is 2. The molecule has 8 heteroatoms. The molecule has 0 amide bonds. The molecule has 0 aliphatic carbocycles. The van der Waals surface area contributed by atoms with Gasteiger partial charge >= 0.3 is 17.1 Å². The zero-order valence-corrected chi connectivity index (χ0v) is 18.7. The number of nitrogens with one attached hydrogen (secondary N) is 2. The fourth-order valence-electron chi connectivity index (χ4n) is 2.52. The Labute approximate surface area is 195 Å². The van der Waals surface area contributed by atoms with E-state index in [1.165, 1.54) is 0 Å². The molecule has 0 aliphatic rings. The molecule has 0 unspecified atom stereocenters. The van der Waals surface area contributed by atoms with Gasteiger partial charge in [-0.3, -0.25) is 9.98 Å². The van der Waals surface area contributed by atoms with E-state index in [2.05, 4.69) is 20.6 Å². The Morgan fingerprint density at radius 2 is 1.07 bits per heavy atom. The Balaban J connectivity index is 0.00000420. The van der Waals surface area contributed by atoms with Crippen LogP contribution in [0.1, 0.15) is 24.0 Å². The molecule has 0 spiro atoms. The first-order valence-corrected chi connectivity index (χ1v) is 9.70. The minimum absolute atomic E-state index is 0. The molecular formula is C22H28ClFeN4O2+2. The van der Waals surface area contributed by atoms with E-state index >= 15 is 0 Å². The maximum Gasteiger partial charge on any atom is 5.00 e. The van der Waals surface area contributed by atoms with Gasteiger partial charge in [-0.05, 0) is 37.1 Å². The van der Waals surface area contributed by atoms with E-state index in [0.29, 0.717) is 24.2 Å². The number of hydrogen-bond acceptors (Lipinski definition) is 6. The maximum absolute atomic E-state index is 11.5.